The minimum Gasteiger partial charge on any atom is -0.352 e. The summed E-state index contributed by atoms with van der Waals surface area (Å²) in [5, 5.41) is 2.90. The number of aryl methyl sites for hydroxylation is 2. The van der Waals surface area contributed by atoms with E-state index in [1.54, 1.807) is 12.1 Å². The maximum Gasteiger partial charge on any atom is 0.251 e. The molecule has 1 amide bonds. The van der Waals surface area contributed by atoms with Gasteiger partial charge in [0.2, 0.25) is 0 Å². The van der Waals surface area contributed by atoms with Gasteiger partial charge in [-0.3, -0.25) is 4.79 Å². The first kappa shape index (κ1) is 13.5. The number of nitrogens with zero attached hydrogens (tertiary/aromatic N) is 2. The lowest BCUT2D eigenvalue weighted by atomic mass is 10.1. The molecule has 0 saturated heterocycles. The largest absolute Gasteiger partial charge is 0.352 e. The fourth-order valence-corrected chi connectivity index (χ4v) is 1.77. The van der Waals surface area contributed by atoms with Gasteiger partial charge in [0.15, 0.2) is 0 Å². The van der Waals surface area contributed by atoms with Crippen LogP contribution in [0.4, 0.5) is 0 Å². The fourth-order valence-electron chi connectivity index (χ4n) is 1.77. The van der Waals surface area contributed by atoms with E-state index in [1.165, 1.54) is 0 Å². The van der Waals surface area contributed by atoms with Crippen LogP contribution in [0, 0.1) is 19.8 Å². The molecule has 0 unspecified atom stereocenters. The first-order valence-corrected chi connectivity index (χ1v) is 6.50. The van der Waals surface area contributed by atoms with E-state index in [1.807, 2.05) is 19.9 Å². The second-order valence-corrected chi connectivity index (χ2v) is 5.20. The monoisotopic (exact) mass is 257 g/mol. The molecule has 0 saturated carbocycles. The highest BCUT2D eigenvalue weighted by Gasteiger charge is 2.08. The quantitative estimate of drug-likeness (QED) is 0.919. The summed E-state index contributed by atoms with van der Waals surface area (Å²) in [6.45, 7) is 8.67. The predicted molar refractivity (Wildman–Crippen MR) is 76.2 cm³/mol. The van der Waals surface area contributed by atoms with Gasteiger partial charge in [-0.05, 0) is 38.0 Å². The number of aromatic nitrogens is 2. The van der Waals surface area contributed by atoms with Gasteiger partial charge in [-0.25, -0.2) is 9.97 Å². The second kappa shape index (κ2) is 5.34. The molecular weight excluding hydrogens is 238 g/mol. The molecule has 19 heavy (non-hydrogen) atoms. The summed E-state index contributed by atoms with van der Waals surface area (Å²) in [6, 6.07) is 5.44. The van der Waals surface area contributed by atoms with Crippen LogP contribution >= 0.6 is 0 Å². The van der Waals surface area contributed by atoms with Gasteiger partial charge in [0, 0.05) is 12.1 Å². The zero-order valence-corrected chi connectivity index (χ0v) is 11.8. The van der Waals surface area contributed by atoms with Gasteiger partial charge in [-0.1, -0.05) is 13.8 Å². The molecule has 0 aliphatic heterocycles. The molecule has 2 rings (SSSR count). The van der Waals surface area contributed by atoms with Crippen LogP contribution in [0.15, 0.2) is 18.2 Å². The van der Waals surface area contributed by atoms with Gasteiger partial charge in [0.25, 0.3) is 5.91 Å². The number of hydrogen-bond acceptors (Lipinski definition) is 3. The van der Waals surface area contributed by atoms with E-state index in [0.29, 0.717) is 18.0 Å². The Morgan fingerprint density at radius 2 is 1.79 bits per heavy atom. The minimum absolute atomic E-state index is 0.0596. The number of hydrogen-bond donors (Lipinski definition) is 1. The van der Waals surface area contributed by atoms with Crippen LogP contribution in [0.1, 0.15) is 35.6 Å². The minimum atomic E-state index is -0.0596. The average Bonchev–Trinajstić information content (AvgIpc) is 2.36. The van der Waals surface area contributed by atoms with E-state index >= 15 is 0 Å². The Kier molecular flexibility index (Phi) is 3.79. The van der Waals surface area contributed by atoms with E-state index in [4.69, 9.17) is 0 Å². The molecule has 1 aromatic carbocycles. The summed E-state index contributed by atoms with van der Waals surface area (Å²) < 4.78 is 0. The topological polar surface area (TPSA) is 54.9 Å². The summed E-state index contributed by atoms with van der Waals surface area (Å²) in [5.74, 6) is 0.379. The van der Waals surface area contributed by atoms with Crippen LogP contribution < -0.4 is 5.32 Å². The lowest BCUT2D eigenvalue weighted by Gasteiger charge is -2.08. The van der Waals surface area contributed by atoms with Gasteiger partial charge in [-0.2, -0.15) is 0 Å². The first-order chi connectivity index (χ1) is 8.97. The normalized spacial score (nSPS) is 11.0. The van der Waals surface area contributed by atoms with Crippen molar-refractivity contribution in [3.05, 3.63) is 35.2 Å². The number of carbonyl (C=O) groups is 1. The number of benzene rings is 1. The lowest BCUT2D eigenvalue weighted by molar-refractivity contribution is 0.0949. The van der Waals surface area contributed by atoms with Crippen molar-refractivity contribution in [3.63, 3.8) is 0 Å². The van der Waals surface area contributed by atoms with Gasteiger partial charge < -0.3 is 5.32 Å². The molecule has 4 heteroatoms. The van der Waals surface area contributed by atoms with Crippen molar-refractivity contribution in [2.75, 3.05) is 6.54 Å². The summed E-state index contributed by atoms with van der Waals surface area (Å²) in [7, 11) is 0. The lowest BCUT2D eigenvalue weighted by Crippen LogP contribution is -2.27. The van der Waals surface area contributed by atoms with Gasteiger partial charge in [0.05, 0.1) is 22.4 Å². The molecule has 0 spiro atoms. The van der Waals surface area contributed by atoms with Crippen LogP contribution in [0.5, 0.6) is 0 Å². The smallest absolute Gasteiger partial charge is 0.251 e. The first-order valence-electron chi connectivity index (χ1n) is 6.50. The fraction of sp³-hybridized carbons (Fsp3) is 0.400. The maximum atomic E-state index is 12.0. The van der Waals surface area contributed by atoms with Crippen molar-refractivity contribution in [3.8, 4) is 0 Å². The molecule has 1 N–H and O–H groups in total. The molecule has 100 valence electrons. The van der Waals surface area contributed by atoms with E-state index in [2.05, 4.69) is 29.1 Å². The van der Waals surface area contributed by atoms with Crippen LogP contribution in [-0.2, 0) is 0 Å². The van der Waals surface area contributed by atoms with Crippen LogP contribution in [0.2, 0.25) is 0 Å². The molecule has 0 aliphatic rings. The Hall–Kier alpha value is -1.97. The highest BCUT2D eigenvalue weighted by atomic mass is 16.1. The zero-order valence-electron chi connectivity index (χ0n) is 11.8. The van der Waals surface area contributed by atoms with Crippen LogP contribution in [0.25, 0.3) is 11.0 Å². The maximum absolute atomic E-state index is 12.0. The Morgan fingerprint density at radius 1 is 1.16 bits per heavy atom. The summed E-state index contributed by atoms with van der Waals surface area (Å²) in [6.07, 6.45) is 0. The Morgan fingerprint density at radius 3 is 2.42 bits per heavy atom. The van der Waals surface area contributed by atoms with Crippen molar-refractivity contribution < 1.29 is 4.79 Å². The van der Waals surface area contributed by atoms with Crippen molar-refractivity contribution in [1.82, 2.24) is 15.3 Å². The number of amides is 1. The predicted octanol–water partition coefficient (Wildman–Crippen LogP) is 2.63. The molecule has 1 aromatic heterocycles. The third kappa shape index (κ3) is 3.08. The summed E-state index contributed by atoms with van der Waals surface area (Å²) in [5.41, 5.74) is 4.03. The third-order valence-electron chi connectivity index (χ3n) is 3.01. The Bertz CT molecular complexity index is 620. The molecule has 0 fully saturated rings. The standard InChI is InChI=1S/C15H19N3O/c1-9(2)8-16-15(19)12-5-6-13-14(7-12)18-11(4)10(3)17-13/h5-7,9H,8H2,1-4H3,(H,16,19). The number of rotatable bonds is 3. The van der Waals surface area contributed by atoms with Gasteiger partial charge >= 0.3 is 0 Å². The molecule has 0 aliphatic carbocycles. The highest BCUT2D eigenvalue weighted by molar-refractivity contribution is 5.97. The van der Waals surface area contributed by atoms with Crippen LogP contribution in [-0.4, -0.2) is 22.4 Å². The number of fused-ring (bicyclic) bond motifs is 1. The Balaban J connectivity index is 2.31. The van der Waals surface area contributed by atoms with E-state index < -0.39 is 0 Å². The van der Waals surface area contributed by atoms with Crippen molar-refractivity contribution in [1.29, 1.82) is 0 Å². The van der Waals surface area contributed by atoms with Crippen molar-refractivity contribution in [2.45, 2.75) is 27.7 Å². The second-order valence-electron chi connectivity index (χ2n) is 5.20. The van der Waals surface area contributed by atoms with Gasteiger partial charge in [-0.15, -0.1) is 0 Å². The molecular formula is C15H19N3O. The van der Waals surface area contributed by atoms with Crippen molar-refractivity contribution >= 4 is 16.9 Å². The SMILES string of the molecule is Cc1nc2ccc(C(=O)NCC(C)C)cc2nc1C. The summed E-state index contributed by atoms with van der Waals surface area (Å²) >= 11 is 0. The van der Waals surface area contributed by atoms with Gasteiger partial charge in [0.1, 0.15) is 0 Å². The van der Waals surface area contributed by atoms with Crippen molar-refractivity contribution in [2.24, 2.45) is 5.92 Å². The molecule has 4 nitrogen and oxygen atoms in total. The third-order valence-corrected chi connectivity index (χ3v) is 3.01. The molecule has 0 radical (unpaired) electrons. The highest BCUT2D eigenvalue weighted by Crippen LogP contribution is 2.14. The molecule has 2 aromatic rings. The van der Waals surface area contributed by atoms with Crippen LogP contribution in [0.3, 0.4) is 0 Å². The molecule has 0 atom stereocenters. The molecule has 1 heterocycles. The average molecular weight is 257 g/mol. The number of nitrogens with one attached hydrogen (secondary N) is 1. The molecule has 0 bridgehead atoms. The van der Waals surface area contributed by atoms with E-state index in [9.17, 15) is 4.79 Å². The van der Waals surface area contributed by atoms with E-state index in [0.717, 1.165) is 22.4 Å². The Labute approximate surface area is 113 Å². The van der Waals surface area contributed by atoms with E-state index in [-0.39, 0.29) is 5.91 Å². The number of carbonyl (C=O) groups excluding carboxylic acids is 1. The summed E-state index contributed by atoms with van der Waals surface area (Å²) in [4.78, 5) is 20.9. The zero-order chi connectivity index (χ0) is 14.0.